The normalized spacial score (nSPS) is 17.3. The molecular formula is C26H29ClN2O5. The average Bonchev–Trinajstić information content (AvgIpc) is 3.07. The minimum atomic E-state index is -0.789. The van der Waals surface area contributed by atoms with Crippen LogP contribution in [0.5, 0.6) is 11.5 Å². The number of nitrogens with zero attached hydrogens (tertiary/aromatic N) is 2. The van der Waals surface area contributed by atoms with Gasteiger partial charge in [-0.2, -0.15) is 0 Å². The quantitative estimate of drug-likeness (QED) is 0.234. The van der Waals surface area contributed by atoms with Crippen molar-refractivity contribution in [1.29, 1.82) is 0 Å². The number of hydrogen-bond acceptors (Lipinski definition) is 6. The van der Waals surface area contributed by atoms with E-state index in [9.17, 15) is 14.7 Å². The van der Waals surface area contributed by atoms with Gasteiger partial charge in [0.1, 0.15) is 12.4 Å². The highest BCUT2D eigenvalue weighted by Crippen LogP contribution is 2.42. The summed E-state index contributed by atoms with van der Waals surface area (Å²) in [6.07, 6.45) is 1.63. The third kappa shape index (κ3) is 5.43. The Bertz CT molecular complexity index is 1090. The smallest absolute Gasteiger partial charge is 0.295 e. The Hall–Kier alpha value is -3.29. The van der Waals surface area contributed by atoms with E-state index < -0.39 is 17.7 Å². The molecule has 0 spiro atoms. The Morgan fingerprint density at radius 1 is 1.15 bits per heavy atom. The van der Waals surface area contributed by atoms with Gasteiger partial charge in [0, 0.05) is 23.7 Å². The van der Waals surface area contributed by atoms with Crippen LogP contribution in [-0.4, -0.2) is 67.0 Å². The van der Waals surface area contributed by atoms with E-state index in [0.29, 0.717) is 54.0 Å². The van der Waals surface area contributed by atoms with E-state index in [1.54, 1.807) is 48.5 Å². The maximum atomic E-state index is 13.1. The maximum absolute atomic E-state index is 13.1. The second-order valence-corrected chi connectivity index (χ2v) is 8.48. The van der Waals surface area contributed by atoms with Gasteiger partial charge in [-0.25, -0.2) is 0 Å². The van der Waals surface area contributed by atoms with Crippen molar-refractivity contribution in [3.05, 3.63) is 76.8 Å². The van der Waals surface area contributed by atoms with Gasteiger partial charge >= 0.3 is 0 Å². The third-order valence-electron chi connectivity index (χ3n) is 5.39. The average molecular weight is 485 g/mol. The van der Waals surface area contributed by atoms with Gasteiger partial charge in [0.25, 0.3) is 11.7 Å². The van der Waals surface area contributed by atoms with Gasteiger partial charge in [0.05, 0.1) is 18.2 Å². The van der Waals surface area contributed by atoms with Crippen molar-refractivity contribution < 1.29 is 24.2 Å². The van der Waals surface area contributed by atoms with Crippen LogP contribution in [0.3, 0.4) is 0 Å². The fourth-order valence-electron chi connectivity index (χ4n) is 3.76. The molecule has 34 heavy (non-hydrogen) atoms. The molecule has 1 aliphatic rings. The molecule has 7 nitrogen and oxygen atoms in total. The minimum absolute atomic E-state index is 0.0216. The fraction of sp³-hybridized carbons (Fsp3) is 0.308. The Morgan fingerprint density at radius 3 is 2.47 bits per heavy atom. The monoisotopic (exact) mass is 484 g/mol. The molecule has 0 saturated carbocycles. The molecular weight excluding hydrogens is 456 g/mol. The summed E-state index contributed by atoms with van der Waals surface area (Å²) in [6.45, 7) is 7.07. The molecule has 8 heteroatoms. The molecule has 1 amide bonds. The molecule has 1 atom stereocenters. The minimum Gasteiger partial charge on any atom is -0.507 e. The first-order valence-corrected chi connectivity index (χ1v) is 11.4. The predicted molar refractivity (Wildman–Crippen MR) is 132 cm³/mol. The van der Waals surface area contributed by atoms with E-state index in [4.69, 9.17) is 21.1 Å². The van der Waals surface area contributed by atoms with Gasteiger partial charge < -0.3 is 24.4 Å². The molecule has 1 unspecified atom stereocenters. The van der Waals surface area contributed by atoms with Crippen LogP contribution in [0.4, 0.5) is 0 Å². The van der Waals surface area contributed by atoms with Crippen LogP contribution >= 0.6 is 11.6 Å². The van der Waals surface area contributed by atoms with Crippen LogP contribution in [0.1, 0.15) is 24.1 Å². The number of carbonyl (C=O) groups excluding carboxylic acids is 2. The lowest BCUT2D eigenvalue weighted by molar-refractivity contribution is -0.140. The first kappa shape index (κ1) is 25.3. The van der Waals surface area contributed by atoms with Gasteiger partial charge in [-0.15, -0.1) is 0 Å². The summed E-state index contributed by atoms with van der Waals surface area (Å²) in [6, 6.07) is 10.9. The number of halogens is 1. The number of ketones is 1. The molecule has 3 rings (SSSR count). The summed E-state index contributed by atoms with van der Waals surface area (Å²) in [7, 11) is 3.77. The molecule has 1 saturated heterocycles. The summed E-state index contributed by atoms with van der Waals surface area (Å²) >= 11 is 5.98. The van der Waals surface area contributed by atoms with Crippen molar-refractivity contribution in [2.45, 2.75) is 13.0 Å². The van der Waals surface area contributed by atoms with Crippen molar-refractivity contribution in [3.8, 4) is 11.5 Å². The molecule has 2 aromatic rings. The molecule has 2 aromatic carbocycles. The van der Waals surface area contributed by atoms with E-state index in [2.05, 4.69) is 6.58 Å². The number of benzene rings is 2. The van der Waals surface area contributed by atoms with Crippen molar-refractivity contribution in [1.82, 2.24) is 9.80 Å². The summed E-state index contributed by atoms with van der Waals surface area (Å²) < 4.78 is 11.5. The molecule has 0 bridgehead atoms. The highest BCUT2D eigenvalue weighted by atomic mass is 35.5. The molecule has 0 radical (unpaired) electrons. The molecule has 1 N–H and O–H groups in total. The highest BCUT2D eigenvalue weighted by Gasteiger charge is 2.46. The zero-order valence-electron chi connectivity index (χ0n) is 19.6. The van der Waals surface area contributed by atoms with Gasteiger partial charge in [-0.1, -0.05) is 30.3 Å². The number of carbonyl (C=O) groups is 2. The zero-order chi connectivity index (χ0) is 24.8. The van der Waals surface area contributed by atoms with Gasteiger partial charge in [-0.05, 0) is 63.0 Å². The standard InChI is InChI=1S/C26H29ClN2O5/c1-5-15-34-20-12-9-18(16-21(20)33-6-2)23-22(24(30)17-7-10-19(27)11-8-17)25(31)26(32)29(23)14-13-28(3)4/h5,7-12,16,23,30H,1,6,13-15H2,2-4H3/b24-22+. The number of aliphatic hydroxyl groups excluding tert-OH is 1. The van der Waals surface area contributed by atoms with Crippen LogP contribution in [0.15, 0.2) is 60.7 Å². The van der Waals surface area contributed by atoms with Crippen LogP contribution in [0.25, 0.3) is 5.76 Å². The van der Waals surface area contributed by atoms with Gasteiger partial charge in [0.2, 0.25) is 0 Å². The van der Waals surface area contributed by atoms with Crippen LogP contribution in [-0.2, 0) is 9.59 Å². The van der Waals surface area contributed by atoms with E-state index >= 15 is 0 Å². The second kappa shape index (κ2) is 11.2. The molecule has 180 valence electrons. The Morgan fingerprint density at radius 2 is 1.85 bits per heavy atom. The molecule has 0 aromatic heterocycles. The number of likely N-dealkylation sites (tertiary alicyclic amines) is 1. The number of amides is 1. The van der Waals surface area contributed by atoms with Crippen molar-refractivity contribution >= 4 is 29.1 Å². The largest absolute Gasteiger partial charge is 0.507 e. The van der Waals surface area contributed by atoms with E-state index in [0.717, 1.165) is 0 Å². The lowest BCUT2D eigenvalue weighted by Crippen LogP contribution is -2.35. The van der Waals surface area contributed by atoms with Crippen molar-refractivity contribution in [2.75, 3.05) is 40.4 Å². The number of rotatable bonds is 10. The van der Waals surface area contributed by atoms with Crippen LogP contribution in [0.2, 0.25) is 5.02 Å². The lowest BCUT2D eigenvalue weighted by atomic mass is 9.95. The topological polar surface area (TPSA) is 79.3 Å². The highest BCUT2D eigenvalue weighted by molar-refractivity contribution is 6.46. The maximum Gasteiger partial charge on any atom is 0.295 e. The SMILES string of the molecule is C=CCOc1ccc(C2/C(=C(\O)c3ccc(Cl)cc3)C(=O)C(=O)N2CCN(C)C)cc1OCC. The number of ether oxygens (including phenoxy) is 2. The molecule has 1 heterocycles. The van der Waals surface area contributed by atoms with Crippen LogP contribution < -0.4 is 9.47 Å². The van der Waals surface area contributed by atoms with E-state index in [1.165, 1.54) is 4.90 Å². The second-order valence-electron chi connectivity index (χ2n) is 8.04. The summed E-state index contributed by atoms with van der Waals surface area (Å²) in [5.41, 5.74) is 1.05. The number of Topliss-reactive ketones (excluding diaryl/α,β-unsaturated/α-hetero) is 1. The predicted octanol–water partition coefficient (Wildman–Crippen LogP) is 4.29. The third-order valence-corrected chi connectivity index (χ3v) is 5.64. The van der Waals surface area contributed by atoms with E-state index in [1.807, 2.05) is 25.9 Å². The summed E-state index contributed by atoms with van der Waals surface area (Å²) in [5, 5.41) is 11.6. The Kier molecular flexibility index (Phi) is 8.36. The van der Waals surface area contributed by atoms with Crippen molar-refractivity contribution in [2.24, 2.45) is 0 Å². The fourth-order valence-corrected chi connectivity index (χ4v) is 3.89. The summed E-state index contributed by atoms with van der Waals surface area (Å²) in [5.74, 6) is -0.647. The van der Waals surface area contributed by atoms with Gasteiger partial charge in [0.15, 0.2) is 11.5 Å². The number of hydrogen-bond donors (Lipinski definition) is 1. The zero-order valence-corrected chi connectivity index (χ0v) is 20.3. The molecule has 1 aliphatic heterocycles. The molecule has 1 fully saturated rings. The van der Waals surface area contributed by atoms with Gasteiger partial charge in [-0.3, -0.25) is 9.59 Å². The summed E-state index contributed by atoms with van der Waals surface area (Å²) in [4.78, 5) is 29.6. The number of likely N-dealkylation sites (N-methyl/N-ethyl adjacent to an activating group) is 1. The van der Waals surface area contributed by atoms with E-state index in [-0.39, 0.29) is 11.3 Å². The van der Waals surface area contributed by atoms with Crippen molar-refractivity contribution in [3.63, 3.8) is 0 Å². The Balaban J connectivity index is 2.15. The lowest BCUT2D eigenvalue weighted by Gasteiger charge is -2.27. The Labute approximate surface area is 204 Å². The first-order valence-electron chi connectivity index (χ1n) is 11.0. The molecule has 0 aliphatic carbocycles. The first-order chi connectivity index (χ1) is 16.3. The van der Waals surface area contributed by atoms with Crippen LogP contribution in [0, 0.1) is 0 Å². The number of aliphatic hydroxyl groups is 1.